The molecule has 0 spiro atoms. The topological polar surface area (TPSA) is 81.8 Å². The molecular weight excluding hydrogens is 338 g/mol. The van der Waals surface area contributed by atoms with Crippen LogP contribution in [-0.2, 0) is 9.53 Å². The predicted molar refractivity (Wildman–Crippen MR) is 99.6 cm³/mol. The van der Waals surface area contributed by atoms with Crippen LogP contribution in [0.3, 0.4) is 0 Å². The van der Waals surface area contributed by atoms with E-state index >= 15 is 0 Å². The Labute approximate surface area is 151 Å². The zero-order valence-corrected chi connectivity index (χ0v) is 14.7. The minimum Gasteiger partial charge on any atom is -0.490 e. The number of aliphatic hydroxyl groups is 1. The van der Waals surface area contributed by atoms with E-state index in [9.17, 15) is 9.90 Å². The number of nitrogens with two attached hydrogens (primary N) is 1. The van der Waals surface area contributed by atoms with Crippen molar-refractivity contribution in [1.29, 1.82) is 0 Å². The van der Waals surface area contributed by atoms with Gasteiger partial charge in [0, 0.05) is 10.6 Å². The number of hydrogen-bond acceptors (Lipinski definition) is 6. The summed E-state index contributed by atoms with van der Waals surface area (Å²) >= 11 is 1.31. The Balaban J connectivity index is 2.29. The summed E-state index contributed by atoms with van der Waals surface area (Å²) < 4.78 is 10.1. The summed E-state index contributed by atoms with van der Waals surface area (Å²) in [4.78, 5) is 12.6. The van der Waals surface area contributed by atoms with Crippen LogP contribution in [0.15, 0.2) is 66.1 Å². The second-order valence-corrected chi connectivity index (χ2v) is 6.40. The van der Waals surface area contributed by atoms with E-state index in [1.165, 1.54) is 18.9 Å². The second-order valence-electron chi connectivity index (χ2n) is 5.21. The molecule has 0 saturated heterocycles. The van der Waals surface area contributed by atoms with Crippen molar-refractivity contribution < 1.29 is 19.4 Å². The lowest BCUT2D eigenvalue weighted by Gasteiger charge is -2.22. The fraction of sp³-hybridized carbons (Fsp3) is 0.211. The van der Waals surface area contributed by atoms with Gasteiger partial charge in [0.15, 0.2) is 6.10 Å². The van der Waals surface area contributed by atoms with Gasteiger partial charge in [0.05, 0.1) is 12.4 Å². The maximum absolute atomic E-state index is 11.9. The number of benzene rings is 2. The smallest absolute Gasteiger partial charge is 0.336 e. The largest absolute Gasteiger partial charge is 0.490 e. The summed E-state index contributed by atoms with van der Waals surface area (Å²) in [5.41, 5.74) is 7.33. The van der Waals surface area contributed by atoms with Crippen LogP contribution < -0.4 is 10.5 Å². The van der Waals surface area contributed by atoms with Crippen LogP contribution in [0.25, 0.3) is 0 Å². The molecular formula is C19H21NO4S. The molecule has 0 bridgehead atoms. The Morgan fingerprint density at radius 2 is 1.96 bits per heavy atom. The van der Waals surface area contributed by atoms with Gasteiger partial charge in [-0.05, 0) is 29.8 Å². The third kappa shape index (κ3) is 5.01. The fourth-order valence-corrected chi connectivity index (χ4v) is 3.36. The van der Waals surface area contributed by atoms with Crippen molar-refractivity contribution in [2.75, 3.05) is 19.5 Å². The van der Waals surface area contributed by atoms with E-state index in [-0.39, 0.29) is 0 Å². The third-order valence-corrected chi connectivity index (χ3v) is 4.89. The Morgan fingerprint density at radius 1 is 1.28 bits per heavy atom. The second kappa shape index (κ2) is 9.15. The van der Waals surface area contributed by atoms with E-state index in [1.54, 1.807) is 36.4 Å². The molecule has 0 radical (unpaired) electrons. The zero-order valence-electron chi connectivity index (χ0n) is 13.9. The van der Waals surface area contributed by atoms with E-state index in [0.717, 1.165) is 10.5 Å². The highest BCUT2D eigenvalue weighted by molar-refractivity contribution is 7.99. The number of carbonyl (C=O) groups excluding carboxylic acids is 1. The number of ether oxygens (including phenoxy) is 2. The Morgan fingerprint density at radius 3 is 2.56 bits per heavy atom. The molecule has 0 aliphatic heterocycles. The van der Waals surface area contributed by atoms with Crippen LogP contribution in [0.2, 0.25) is 0 Å². The number of rotatable bonds is 8. The molecule has 5 nitrogen and oxygen atoms in total. The first-order valence-corrected chi connectivity index (χ1v) is 8.55. The average Bonchev–Trinajstić information content (AvgIpc) is 2.65. The number of thioether (sulfide) groups is 1. The van der Waals surface area contributed by atoms with Crippen LogP contribution in [-0.4, -0.2) is 30.9 Å². The number of esters is 1. The van der Waals surface area contributed by atoms with Crippen molar-refractivity contribution >= 4 is 23.4 Å². The van der Waals surface area contributed by atoms with Crippen molar-refractivity contribution in [3.05, 3.63) is 66.7 Å². The number of methoxy groups -OCH3 is 1. The lowest BCUT2D eigenvalue weighted by atomic mass is 10.1. The van der Waals surface area contributed by atoms with Crippen LogP contribution >= 0.6 is 11.8 Å². The number of aliphatic hydroxyl groups excluding tert-OH is 1. The quantitative estimate of drug-likeness (QED) is 0.326. The van der Waals surface area contributed by atoms with E-state index in [4.69, 9.17) is 10.5 Å². The first-order valence-electron chi connectivity index (χ1n) is 7.67. The summed E-state index contributed by atoms with van der Waals surface area (Å²) in [5.74, 6) is -0.0156. The highest BCUT2D eigenvalue weighted by Gasteiger charge is 2.30. The van der Waals surface area contributed by atoms with Gasteiger partial charge in [0.25, 0.3) is 0 Å². The van der Waals surface area contributed by atoms with Gasteiger partial charge in [-0.15, -0.1) is 11.8 Å². The molecule has 6 heteroatoms. The summed E-state index contributed by atoms with van der Waals surface area (Å²) in [6.45, 7) is 4.01. The number of para-hydroxylation sites is 1. The molecule has 0 fully saturated rings. The molecule has 2 rings (SSSR count). The summed E-state index contributed by atoms with van der Waals surface area (Å²) in [6.07, 6.45) is 0.334. The van der Waals surface area contributed by atoms with Crippen LogP contribution in [0.4, 0.5) is 5.69 Å². The highest BCUT2D eigenvalue weighted by atomic mass is 32.2. The summed E-state index contributed by atoms with van der Waals surface area (Å²) in [5, 5.41) is 9.85. The van der Waals surface area contributed by atoms with Crippen molar-refractivity contribution in [3.63, 3.8) is 0 Å². The minimum absolute atomic E-state index is 0.406. The van der Waals surface area contributed by atoms with Gasteiger partial charge in [-0.1, -0.05) is 36.9 Å². The highest BCUT2D eigenvalue weighted by Crippen LogP contribution is 2.41. The van der Waals surface area contributed by atoms with E-state index in [2.05, 4.69) is 11.3 Å². The van der Waals surface area contributed by atoms with Crippen LogP contribution in [0, 0.1) is 0 Å². The molecule has 0 aromatic heterocycles. The number of hydrogen-bond donors (Lipinski definition) is 2. The van der Waals surface area contributed by atoms with Gasteiger partial charge in [0.2, 0.25) is 0 Å². The standard InChI is InChI=1S/C19H21NO4S/c1-3-12-24-14-10-8-13(9-11-14)18(17(21)19(22)23-2)25-16-7-5-4-6-15(16)20/h3-11,17-18,21H,1,12,20H2,2H3. The molecule has 0 aliphatic rings. The van der Waals surface area contributed by atoms with Gasteiger partial charge in [0.1, 0.15) is 12.4 Å². The maximum atomic E-state index is 11.9. The average molecular weight is 359 g/mol. The van der Waals surface area contributed by atoms with Crippen molar-refractivity contribution in [3.8, 4) is 5.75 Å². The van der Waals surface area contributed by atoms with E-state index in [0.29, 0.717) is 18.0 Å². The molecule has 2 aromatic carbocycles. The molecule has 25 heavy (non-hydrogen) atoms. The molecule has 2 aromatic rings. The van der Waals surface area contributed by atoms with Crippen molar-refractivity contribution in [1.82, 2.24) is 0 Å². The third-order valence-electron chi connectivity index (χ3n) is 3.48. The summed E-state index contributed by atoms with van der Waals surface area (Å²) in [6, 6.07) is 14.5. The lowest BCUT2D eigenvalue weighted by Crippen LogP contribution is -2.27. The minimum atomic E-state index is -1.32. The molecule has 3 N–H and O–H groups in total. The molecule has 132 valence electrons. The number of anilines is 1. The number of carbonyl (C=O) groups is 1. The van der Waals surface area contributed by atoms with E-state index in [1.807, 2.05) is 18.2 Å². The van der Waals surface area contributed by atoms with Gasteiger partial charge >= 0.3 is 5.97 Å². The molecule has 0 saturated carbocycles. The Bertz CT molecular complexity index is 718. The van der Waals surface area contributed by atoms with E-state index < -0.39 is 17.3 Å². The van der Waals surface area contributed by atoms with Gasteiger partial charge in [-0.3, -0.25) is 0 Å². The van der Waals surface area contributed by atoms with Crippen molar-refractivity contribution in [2.45, 2.75) is 16.2 Å². The first-order chi connectivity index (χ1) is 12.1. The van der Waals surface area contributed by atoms with Gasteiger partial charge in [-0.25, -0.2) is 4.79 Å². The maximum Gasteiger partial charge on any atom is 0.336 e. The molecule has 0 amide bonds. The molecule has 2 unspecified atom stereocenters. The molecule has 0 heterocycles. The SMILES string of the molecule is C=CCOc1ccc(C(Sc2ccccc2N)C(O)C(=O)OC)cc1. The van der Waals surface area contributed by atoms with Crippen LogP contribution in [0.5, 0.6) is 5.75 Å². The molecule has 0 aliphatic carbocycles. The predicted octanol–water partition coefficient (Wildman–Crippen LogP) is 3.20. The normalized spacial score (nSPS) is 12.9. The summed E-state index contributed by atoms with van der Waals surface area (Å²) in [7, 11) is 1.25. The fourth-order valence-electron chi connectivity index (χ4n) is 2.19. The van der Waals surface area contributed by atoms with Gasteiger partial charge in [-0.2, -0.15) is 0 Å². The monoisotopic (exact) mass is 359 g/mol. The first kappa shape index (κ1) is 18.9. The lowest BCUT2D eigenvalue weighted by molar-refractivity contribution is -0.150. The van der Waals surface area contributed by atoms with Crippen LogP contribution in [0.1, 0.15) is 10.8 Å². The zero-order chi connectivity index (χ0) is 18.2. The number of nitrogen functional groups attached to an aromatic ring is 1. The van der Waals surface area contributed by atoms with Gasteiger partial charge < -0.3 is 20.3 Å². The Hall–Kier alpha value is -2.44. The molecule has 2 atom stereocenters. The van der Waals surface area contributed by atoms with Crippen molar-refractivity contribution in [2.24, 2.45) is 0 Å². The Kier molecular flexibility index (Phi) is 6.91.